The number of alkyl halides is 3. The number of imide groups is 1. The van der Waals surface area contributed by atoms with E-state index in [0.717, 1.165) is 0 Å². The third-order valence-electron chi connectivity index (χ3n) is 5.13. The molecule has 144 valence electrons. The number of urea groups is 1. The molecule has 1 spiro atoms. The molecule has 1 unspecified atom stereocenters. The average Bonchev–Trinajstić information content (AvgIpc) is 3.12. The average molecular weight is 383 g/mol. The summed E-state index contributed by atoms with van der Waals surface area (Å²) >= 11 is 0. The summed E-state index contributed by atoms with van der Waals surface area (Å²) in [5, 5.41) is 15.8. The molecule has 4 heterocycles. The van der Waals surface area contributed by atoms with Crippen molar-refractivity contribution in [3.8, 4) is 0 Å². The predicted molar refractivity (Wildman–Crippen MR) is 86.1 cm³/mol. The van der Waals surface area contributed by atoms with Gasteiger partial charge in [-0.15, -0.1) is 15.3 Å². The van der Waals surface area contributed by atoms with Gasteiger partial charge >= 0.3 is 12.2 Å². The van der Waals surface area contributed by atoms with Crippen molar-refractivity contribution in [2.75, 3.05) is 18.0 Å². The fourth-order valence-electron chi connectivity index (χ4n) is 3.64. The van der Waals surface area contributed by atoms with Crippen LogP contribution in [-0.2, 0) is 11.0 Å². The van der Waals surface area contributed by atoms with E-state index in [0.29, 0.717) is 40.8 Å². The zero-order chi connectivity index (χ0) is 19.6. The number of nitrogens with one attached hydrogen (secondary N) is 2. The van der Waals surface area contributed by atoms with Gasteiger partial charge in [-0.25, -0.2) is 4.79 Å². The Hall–Kier alpha value is -2.92. The molecule has 2 N–H and O–H groups in total. The van der Waals surface area contributed by atoms with Crippen molar-refractivity contribution in [2.24, 2.45) is 0 Å². The molecule has 4 rings (SSSR count). The minimum absolute atomic E-state index is 0.0298. The number of piperidine rings is 1. The Morgan fingerprint density at radius 3 is 2.52 bits per heavy atom. The van der Waals surface area contributed by atoms with Crippen molar-refractivity contribution in [3.63, 3.8) is 0 Å². The van der Waals surface area contributed by atoms with Crippen LogP contribution in [0.2, 0.25) is 0 Å². The largest absolute Gasteiger partial charge is 0.453 e. The third kappa shape index (κ3) is 2.58. The number of carbonyl (C=O) groups is 2. The standard InChI is InChI=1S/C15H16F3N7O2/c1-7-8(2)10(23-25-9(7)21-22-11(25)15(16,17)18)24-5-3-4-14(6-24)12(26)19-13(27)20-14/h3-6H2,1-2H3,(H2,19,20,26,27). The molecule has 9 nitrogen and oxygen atoms in total. The van der Waals surface area contributed by atoms with Gasteiger partial charge in [-0.05, 0) is 26.7 Å². The lowest BCUT2D eigenvalue weighted by Crippen LogP contribution is -2.59. The van der Waals surface area contributed by atoms with Gasteiger partial charge in [0.05, 0.1) is 6.54 Å². The molecular formula is C15H16F3N7O2. The van der Waals surface area contributed by atoms with E-state index in [9.17, 15) is 22.8 Å². The van der Waals surface area contributed by atoms with Crippen molar-refractivity contribution in [2.45, 2.75) is 38.4 Å². The molecule has 2 aliphatic rings. The smallest absolute Gasteiger partial charge is 0.352 e. The zero-order valence-corrected chi connectivity index (χ0v) is 14.5. The predicted octanol–water partition coefficient (Wildman–Crippen LogP) is 0.938. The molecule has 27 heavy (non-hydrogen) atoms. The molecule has 12 heteroatoms. The lowest BCUT2D eigenvalue weighted by Gasteiger charge is -2.39. The molecule has 2 aromatic heterocycles. The molecule has 2 saturated heterocycles. The summed E-state index contributed by atoms with van der Waals surface area (Å²) < 4.78 is 40.3. The highest BCUT2D eigenvalue weighted by Gasteiger charge is 2.49. The second-order valence-electron chi connectivity index (χ2n) is 6.85. The van der Waals surface area contributed by atoms with Crippen LogP contribution in [0, 0.1) is 13.8 Å². The van der Waals surface area contributed by atoms with E-state index in [1.54, 1.807) is 18.7 Å². The molecule has 0 bridgehead atoms. The number of aryl methyl sites for hydroxylation is 1. The van der Waals surface area contributed by atoms with Crippen LogP contribution in [0.3, 0.4) is 0 Å². The number of aromatic nitrogens is 4. The Balaban J connectivity index is 1.80. The fourth-order valence-corrected chi connectivity index (χ4v) is 3.64. The van der Waals surface area contributed by atoms with Crippen molar-refractivity contribution < 1.29 is 22.8 Å². The summed E-state index contributed by atoms with van der Waals surface area (Å²) in [7, 11) is 0. The maximum absolute atomic E-state index is 13.2. The highest BCUT2D eigenvalue weighted by molar-refractivity contribution is 6.07. The van der Waals surface area contributed by atoms with Gasteiger partial charge in [0.1, 0.15) is 5.54 Å². The number of amides is 3. The number of fused-ring (bicyclic) bond motifs is 1. The van der Waals surface area contributed by atoms with Crippen LogP contribution in [-0.4, -0.2) is 50.4 Å². The zero-order valence-electron chi connectivity index (χ0n) is 14.5. The van der Waals surface area contributed by atoms with Gasteiger partial charge in [0, 0.05) is 17.7 Å². The number of nitrogens with zero attached hydrogens (tertiary/aromatic N) is 5. The first-order valence-electron chi connectivity index (χ1n) is 8.31. The van der Waals surface area contributed by atoms with Gasteiger partial charge in [0.2, 0.25) is 0 Å². The Morgan fingerprint density at radius 2 is 1.89 bits per heavy atom. The summed E-state index contributed by atoms with van der Waals surface area (Å²) in [5.74, 6) is -1.34. The lowest BCUT2D eigenvalue weighted by atomic mass is 9.89. The van der Waals surface area contributed by atoms with Crippen molar-refractivity contribution >= 4 is 23.4 Å². The molecule has 1 atom stereocenters. The summed E-state index contributed by atoms with van der Waals surface area (Å²) in [6, 6.07) is -0.573. The van der Waals surface area contributed by atoms with Crippen LogP contribution in [0.1, 0.15) is 29.8 Å². The summed E-state index contributed by atoms with van der Waals surface area (Å²) in [6.45, 7) is 3.99. The quantitative estimate of drug-likeness (QED) is 0.711. The van der Waals surface area contributed by atoms with Crippen molar-refractivity contribution in [1.29, 1.82) is 0 Å². The van der Waals surface area contributed by atoms with Crippen LogP contribution >= 0.6 is 0 Å². The van der Waals surface area contributed by atoms with Crippen LogP contribution in [0.15, 0.2) is 0 Å². The molecular weight excluding hydrogens is 367 g/mol. The van der Waals surface area contributed by atoms with Gasteiger partial charge < -0.3 is 10.2 Å². The first-order chi connectivity index (χ1) is 12.6. The number of carbonyl (C=O) groups excluding carboxylic acids is 2. The molecule has 2 fully saturated rings. The number of halogens is 3. The van der Waals surface area contributed by atoms with E-state index in [2.05, 4.69) is 25.9 Å². The van der Waals surface area contributed by atoms with Crippen LogP contribution in [0.4, 0.5) is 23.8 Å². The van der Waals surface area contributed by atoms with Gasteiger partial charge in [-0.1, -0.05) is 0 Å². The van der Waals surface area contributed by atoms with Crippen molar-refractivity contribution in [3.05, 3.63) is 17.0 Å². The highest BCUT2D eigenvalue weighted by Crippen LogP contribution is 2.33. The van der Waals surface area contributed by atoms with Gasteiger partial charge in [-0.2, -0.15) is 17.7 Å². The number of anilines is 1. The molecule has 2 aliphatic heterocycles. The van der Waals surface area contributed by atoms with Crippen LogP contribution in [0.5, 0.6) is 0 Å². The minimum Gasteiger partial charge on any atom is -0.352 e. The highest BCUT2D eigenvalue weighted by atomic mass is 19.4. The third-order valence-corrected chi connectivity index (χ3v) is 5.13. The van der Waals surface area contributed by atoms with E-state index in [-0.39, 0.29) is 12.2 Å². The molecule has 0 aromatic carbocycles. The maximum atomic E-state index is 13.2. The Kier molecular flexibility index (Phi) is 3.59. The Morgan fingerprint density at radius 1 is 1.15 bits per heavy atom. The van der Waals surface area contributed by atoms with E-state index in [1.807, 2.05) is 0 Å². The molecule has 3 amide bonds. The number of rotatable bonds is 1. The van der Waals surface area contributed by atoms with E-state index in [4.69, 9.17) is 0 Å². The van der Waals surface area contributed by atoms with Crippen LogP contribution < -0.4 is 15.5 Å². The van der Waals surface area contributed by atoms with E-state index >= 15 is 0 Å². The lowest BCUT2D eigenvalue weighted by molar-refractivity contribution is -0.146. The molecule has 0 radical (unpaired) electrons. The summed E-state index contributed by atoms with van der Waals surface area (Å²) in [6.07, 6.45) is -3.68. The minimum atomic E-state index is -4.70. The Bertz CT molecular complexity index is 970. The van der Waals surface area contributed by atoms with Crippen molar-refractivity contribution in [1.82, 2.24) is 30.4 Å². The number of hydrogen-bond donors (Lipinski definition) is 2. The summed E-state index contributed by atoms with van der Waals surface area (Å²) in [5.41, 5.74) is 0.0852. The van der Waals surface area contributed by atoms with Gasteiger partial charge in [0.25, 0.3) is 11.7 Å². The first-order valence-corrected chi connectivity index (χ1v) is 8.31. The molecule has 0 aliphatic carbocycles. The maximum Gasteiger partial charge on any atom is 0.453 e. The van der Waals surface area contributed by atoms with E-state index < -0.39 is 29.5 Å². The second kappa shape index (κ2) is 5.54. The SMILES string of the molecule is Cc1c(N2CCCC3(C2)NC(=O)NC3=O)nn2c(C(F)(F)F)nnc2c1C. The van der Waals surface area contributed by atoms with Gasteiger partial charge in [-0.3, -0.25) is 10.1 Å². The van der Waals surface area contributed by atoms with Gasteiger partial charge in [0.15, 0.2) is 11.5 Å². The molecule has 2 aromatic rings. The van der Waals surface area contributed by atoms with E-state index in [1.165, 1.54) is 0 Å². The summed E-state index contributed by atoms with van der Waals surface area (Å²) in [4.78, 5) is 25.5. The molecule has 0 saturated carbocycles. The second-order valence-corrected chi connectivity index (χ2v) is 6.85. The fraction of sp³-hybridized carbons (Fsp3) is 0.533. The van der Waals surface area contributed by atoms with Crippen LogP contribution in [0.25, 0.3) is 5.65 Å². The normalized spacial score (nSPS) is 23.2. The topological polar surface area (TPSA) is 105 Å². The monoisotopic (exact) mass is 383 g/mol. The Labute approximate surface area is 150 Å². The first kappa shape index (κ1) is 17.5. The number of hydrogen-bond acceptors (Lipinski definition) is 6.